The highest BCUT2D eigenvalue weighted by atomic mass is 16.2. The summed E-state index contributed by atoms with van der Waals surface area (Å²) in [5.41, 5.74) is 1.37. The Kier molecular flexibility index (Phi) is 2.85. The second-order valence-electron chi connectivity index (χ2n) is 3.74. The first-order chi connectivity index (χ1) is 7.70. The van der Waals surface area contributed by atoms with Crippen LogP contribution in [0.4, 0.5) is 0 Å². The van der Waals surface area contributed by atoms with Crippen molar-refractivity contribution in [3.8, 4) is 0 Å². The standard InChI is InChI=1S/C11H13N3O2/c1-2-3-14-7-12-6-9(14)4-8-5-10(15)13-11(8)16/h4,6-7H,2-3,5H2,1H3,(H,13,15,16). The Bertz CT molecular complexity index is 460. The van der Waals surface area contributed by atoms with Crippen molar-refractivity contribution in [1.29, 1.82) is 0 Å². The van der Waals surface area contributed by atoms with E-state index in [0.29, 0.717) is 5.57 Å². The molecule has 1 saturated heterocycles. The fourth-order valence-electron chi connectivity index (χ4n) is 1.68. The van der Waals surface area contributed by atoms with Gasteiger partial charge in [0.2, 0.25) is 5.91 Å². The smallest absolute Gasteiger partial charge is 0.254 e. The summed E-state index contributed by atoms with van der Waals surface area (Å²) < 4.78 is 1.96. The normalized spacial score (nSPS) is 18.2. The van der Waals surface area contributed by atoms with Crippen LogP contribution in [0.1, 0.15) is 25.5 Å². The van der Waals surface area contributed by atoms with Crippen molar-refractivity contribution in [3.05, 3.63) is 23.8 Å². The number of nitrogens with zero attached hydrogens (tertiary/aromatic N) is 2. The third-order valence-electron chi connectivity index (χ3n) is 2.43. The second-order valence-corrected chi connectivity index (χ2v) is 3.74. The molecule has 1 N–H and O–H groups in total. The van der Waals surface area contributed by atoms with Gasteiger partial charge in [0.1, 0.15) is 0 Å². The average molecular weight is 219 g/mol. The summed E-state index contributed by atoms with van der Waals surface area (Å²) >= 11 is 0. The number of imide groups is 1. The van der Waals surface area contributed by atoms with Crippen LogP contribution in [-0.2, 0) is 16.1 Å². The van der Waals surface area contributed by atoms with Gasteiger partial charge >= 0.3 is 0 Å². The Balaban J connectivity index is 2.25. The van der Waals surface area contributed by atoms with Crippen LogP contribution in [0.3, 0.4) is 0 Å². The van der Waals surface area contributed by atoms with Crippen molar-refractivity contribution in [2.24, 2.45) is 0 Å². The molecule has 1 fully saturated rings. The molecule has 0 bridgehead atoms. The molecular formula is C11H13N3O2. The molecule has 2 heterocycles. The fourth-order valence-corrected chi connectivity index (χ4v) is 1.68. The average Bonchev–Trinajstić information content (AvgIpc) is 2.77. The van der Waals surface area contributed by atoms with Gasteiger partial charge in [-0.25, -0.2) is 4.98 Å². The highest BCUT2D eigenvalue weighted by Crippen LogP contribution is 2.14. The van der Waals surface area contributed by atoms with Crippen molar-refractivity contribution in [3.63, 3.8) is 0 Å². The molecule has 1 aromatic heterocycles. The number of carbonyl (C=O) groups is 2. The first kappa shape index (κ1) is 10.6. The molecule has 84 valence electrons. The van der Waals surface area contributed by atoms with Crippen molar-refractivity contribution in [1.82, 2.24) is 14.9 Å². The number of hydrogen-bond acceptors (Lipinski definition) is 3. The maximum Gasteiger partial charge on any atom is 0.254 e. The van der Waals surface area contributed by atoms with E-state index in [4.69, 9.17) is 0 Å². The Morgan fingerprint density at radius 2 is 2.38 bits per heavy atom. The number of aromatic nitrogens is 2. The van der Waals surface area contributed by atoms with Crippen LogP contribution in [0.25, 0.3) is 6.08 Å². The Morgan fingerprint density at radius 3 is 3.00 bits per heavy atom. The SMILES string of the molecule is CCCn1cncc1C=C1CC(=O)NC1=O. The Morgan fingerprint density at radius 1 is 1.56 bits per heavy atom. The van der Waals surface area contributed by atoms with Gasteiger partial charge < -0.3 is 4.57 Å². The summed E-state index contributed by atoms with van der Waals surface area (Å²) in [6, 6.07) is 0. The lowest BCUT2D eigenvalue weighted by Gasteiger charge is -2.02. The summed E-state index contributed by atoms with van der Waals surface area (Å²) in [5, 5.41) is 2.25. The van der Waals surface area contributed by atoms with Crippen molar-refractivity contribution < 1.29 is 9.59 Å². The maximum absolute atomic E-state index is 11.4. The van der Waals surface area contributed by atoms with E-state index in [1.807, 2.05) is 4.57 Å². The fraction of sp³-hybridized carbons (Fsp3) is 0.364. The van der Waals surface area contributed by atoms with Gasteiger partial charge in [0.05, 0.1) is 24.6 Å². The zero-order chi connectivity index (χ0) is 11.5. The molecule has 1 aliphatic rings. The van der Waals surface area contributed by atoms with Gasteiger partial charge in [-0.2, -0.15) is 0 Å². The largest absolute Gasteiger partial charge is 0.331 e. The van der Waals surface area contributed by atoms with Gasteiger partial charge in [0.25, 0.3) is 5.91 Å². The monoisotopic (exact) mass is 219 g/mol. The molecule has 0 atom stereocenters. The molecule has 1 aromatic rings. The van der Waals surface area contributed by atoms with Crippen LogP contribution >= 0.6 is 0 Å². The predicted molar refractivity (Wildman–Crippen MR) is 58.3 cm³/mol. The first-order valence-electron chi connectivity index (χ1n) is 5.25. The lowest BCUT2D eigenvalue weighted by atomic mass is 10.2. The second kappa shape index (κ2) is 4.30. The lowest BCUT2D eigenvalue weighted by molar-refractivity contribution is -0.124. The number of imidazole rings is 1. The molecule has 0 spiro atoms. The van der Waals surface area contributed by atoms with Crippen LogP contribution < -0.4 is 5.32 Å². The van der Waals surface area contributed by atoms with Crippen molar-refractivity contribution in [2.75, 3.05) is 0 Å². The van der Waals surface area contributed by atoms with Gasteiger partial charge in [-0.1, -0.05) is 6.92 Å². The van der Waals surface area contributed by atoms with Gasteiger partial charge in [0.15, 0.2) is 0 Å². The minimum atomic E-state index is -0.297. The predicted octanol–water partition coefficient (Wildman–Crippen LogP) is 0.723. The van der Waals surface area contributed by atoms with E-state index < -0.39 is 0 Å². The number of nitrogens with one attached hydrogen (secondary N) is 1. The third kappa shape index (κ3) is 2.03. The zero-order valence-corrected chi connectivity index (χ0v) is 9.06. The van der Waals surface area contributed by atoms with E-state index >= 15 is 0 Å². The van der Waals surface area contributed by atoms with Gasteiger partial charge in [-0.3, -0.25) is 14.9 Å². The van der Waals surface area contributed by atoms with E-state index in [1.54, 1.807) is 18.6 Å². The van der Waals surface area contributed by atoms with E-state index in [-0.39, 0.29) is 18.2 Å². The molecule has 0 radical (unpaired) electrons. The zero-order valence-electron chi connectivity index (χ0n) is 9.06. The first-order valence-corrected chi connectivity index (χ1v) is 5.25. The number of aryl methyl sites for hydroxylation is 1. The van der Waals surface area contributed by atoms with Gasteiger partial charge in [0, 0.05) is 12.1 Å². The summed E-state index contributed by atoms with van der Waals surface area (Å²) in [7, 11) is 0. The minimum Gasteiger partial charge on any atom is -0.331 e. The molecule has 0 unspecified atom stereocenters. The van der Waals surface area contributed by atoms with Crippen LogP contribution in [0.5, 0.6) is 0 Å². The molecular weight excluding hydrogens is 206 g/mol. The Labute approximate surface area is 93.2 Å². The summed E-state index contributed by atoms with van der Waals surface area (Å²) in [6.07, 6.45) is 6.31. The number of rotatable bonds is 3. The summed E-state index contributed by atoms with van der Waals surface area (Å²) in [4.78, 5) is 26.4. The molecule has 5 heteroatoms. The number of amides is 2. The van der Waals surface area contributed by atoms with Crippen molar-refractivity contribution in [2.45, 2.75) is 26.3 Å². The topological polar surface area (TPSA) is 64.0 Å². The van der Waals surface area contributed by atoms with Gasteiger partial charge in [-0.05, 0) is 12.5 Å². The number of hydrogen-bond donors (Lipinski definition) is 1. The van der Waals surface area contributed by atoms with Crippen molar-refractivity contribution >= 4 is 17.9 Å². The minimum absolute atomic E-state index is 0.163. The van der Waals surface area contributed by atoms with Crippen LogP contribution in [0, 0.1) is 0 Å². The lowest BCUT2D eigenvalue weighted by Crippen LogP contribution is -2.19. The summed E-state index contributed by atoms with van der Waals surface area (Å²) in [5.74, 6) is -0.535. The molecule has 0 aliphatic carbocycles. The molecule has 1 aliphatic heterocycles. The molecule has 2 amide bonds. The molecule has 0 saturated carbocycles. The Hall–Kier alpha value is -1.91. The van der Waals surface area contributed by atoms with E-state index in [1.165, 1.54) is 0 Å². The quantitative estimate of drug-likeness (QED) is 0.602. The summed E-state index contributed by atoms with van der Waals surface area (Å²) in [6.45, 7) is 2.93. The molecule has 16 heavy (non-hydrogen) atoms. The van der Waals surface area contributed by atoms with Gasteiger partial charge in [-0.15, -0.1) is 0 Å². The third-order valence-corrected chi connectivity index (χ3v) is 2.43. The maximum atomic E-state index is 11.4. The highest BCUT2D eigenvalue weighted by molar-refractivity contribution is 6.15. The van der Waals surface area contributed by atoms with E-state index in [9.17, 15) is 9.59 Å². The van der Waals surface area contributed by atoms with Crippen LogP contribution in [0.15, 0.2) is 18.1 Å². The van der Waals surface area contributed by atoms with E-state index in [2.05, 4.69) is 17.2 Å². The van der Waals surface area contributed by atoms with E-state index in [0.717, 1.165) is 18.7 Å². The molecule has 0 aromatic carbocycles. The highest BCUT2D eigenvalue weighted by Gasteiger charge is 2.23. The molecule has 2 rings (SSSR count). The number of carbonyl (C=O) groups excluding carboxylic acids is 2. The van der Waals surface area contributed by atoms with Crippen LogP contribution in [0.2, 0.25) is 0 Å². The molecule has 5 nitrogen and oxygen atoms in total. The van der Waals surface area contributed by atoms with Crippen LogP contribution in [-0.4, -0.2) is 21.4 Å².